The van der Waals surface area contributed by atoms with Crippen LogP contribution in [0, 0.1) is 6.92 Å². The van der Waals surface area contributed by atoms with E-state index in [1.54, 1.807) is 0 Å². The Kier molecular flexibility index (Phi) is 3.33. The van der Waals surface area contributed by atoms with Crippen LogP contribution in [0.25, 0.3) is 0 Å². The third-order valence-corrected chi connectivity index (χ3v) is 2.61. The van der Waals surface area contributed by atoms with E-state index in [4.69, 9.17) is 10.5 Å². The summed E-state index contributed by atoms with van der Waals surface area (Å²) in [6.45, 7) is 2.13. The summed E-state index contributed by atoms with van der Waals surface area (Å²) in [7, 11) is 0. The first-order valence-corrected chi connectivity index (χ1v) is 5.56. The fourth-order valence-corrected chi connectivity index (χ4v) is 1.74. The van der Waals surface area contributed by atoms with Crippen LogP contribution in [0.3, 0.4) is 0 Å². The van der Waals surface area contributed by atoms with Gasteiger partial charge in [0.2, 0.25) is 0 Å². The maximum atomic E-state index is 5.29. The molecule has 0 saturated carbocycles. The number of benzene rings is 1. The molecule has 0 radical (unpaired) electrons. The Balaban J connectivity index is 2.13. The summed E-state index contributed by atoms with van der Waals surface area (Å²) in [4.78, 5) is 0. The standard InChI is InChI=1S/C10H12N4OS/c1-7-2-4-8(5-3-7)12-10-9(15-6-11)13-14-16-10/h2-5,12H,6,11H2,1H3. The zero-order chi connectivity index (χ0) is 11.4. The van der Waals surface area contributed by atoms with Crippen LogP contribution < -0.4 is 15.8 Å². The molecule has 0 aliphatic rings. The molecule has 0 bridgehead atoms. The molecule has 0 atom stereocenters. The zero-order valence-corrected chi connectivity index (χ0v) is 9.62. The van der Waals surface area contributed by atoms with Crippen molar-refractivity contribution in [2.24, 2.45) is 5.73 Å². The van der Waals surface area contributed by atoms with Gasteiger partial charge in [0.15, 0.2) is 5.00 Å². The predicted octanol–water partition coefficient (Wildman–Crippen LogP) is 1.89. The molecular weight excluding hydrogens is 224 g/mol. The van der Waals surface area contributed by atoms with Crippen molar-refractivity contribution >= 4 is 22.2 Å². The normalized spacial score (nSPS) is 10.1. The molecule has 0 spiro atoms. The number of hydrogen-bond donors (Lipinski definition) is 2. The van der Waals surface area contributed by atoms with Crippen molar-refractivity contribution in [2.45, 2.75) is 6.92 Å². The number of anilines is 2. The minimum atomic E-state index is 0.0913. The first kappa shape index (κ1) is 10.8. The van der Waals surface area contributed by atoms with Crippen molar-refractivity contribution in [3.63, 3.8) is 0 Å². The second-order valence-electron chi connectivity index (χ2n) is 3.21. The fraction of sp³-hybridized carbons (Fsp3) is 0.200. The molecule has 3 N–H and O–H groups in total. The van der Waals surface area contributed by atoms with Crippen LogP contribution in [0.1, 0.15) is 5.56 Å². The minimum absolute atomic E-state index is 0.0913. The van der Waals surface area contributed by atoms with E-state index in [0.29, 0.717) is 5.88 Å². The smallest absolute Gasteiger partial charge is 0.272 e. The molecule has 0 aliphatic carbocycles. The summed E-state index contributed by atoms with van der Waals surface area (Å²) >= 11 is 1.24. The van der Waals surface area contributed by atoms with Gasteiger partial charge in [0.25, 0.3) is 5.88 Å². The first-order valence-electron chi connectivity index (χ1n) is 4.78. The average Bonchev–Trinajstić information content (AvgIpc) is 2.70. The van der Waals surface area contributed by atoms with Gasteiger partial charge in [-0.1, -0.05) is 27.3 Å². The molecule has 84 valence electrons. The number of rotatable bonds is 4. The summed E-state index contributed by atoms with van der Waals surface area (Å²) in [6.07, 6.45) is 0. The van der Waals surface area contributed by atoms with Crippen LogP contribution in [0.15, 0.2) is 24.3 Å². The molecule has 2 rings (SSSR count). The van der Waals surface area contributed by atoms with Gasteiger partial charge in [-0.05, 0) is 19.1 Å². The Bertz CT molecular complexity index is 454. The zero-order valence-electron chi connectivity index (χ0n) is 8.80. The van der Waals surface area contributed by atoms with Crippen LogP contribution in [0.4, 0.5) is 10.7 Å². The van der Waals surface area contributed by atoms with Gasteiger partial charge >= 0.3 is 0 Å². The number of nitrogens with one attached hydrogen (secondary N) is 1. The summed E-state index contributed by atoms with van der Waals surface area (Å²) in [6, 6.07) is 8.03. The lowest BCUT2D eigenvalue weighted by molar-refractivity contribution is 0.318. The number of aryl methyl sites for hydroxylation is 1. The van der Waals surface area contributed by atoms with E-state index < -0.39 is 0 Å². The van der Waals surface area contributed by atoms with E-state index in [1.807, 2.05) is 31.2 Å². The molecule has 5 nitrogen and oxygen atoms in total. The van der Waals surface area contributed by atoms with Crippen LogP contribution in [-0.2, 0) is 0 Å². The lowest BCUT2D eigenvalue weighted by Crippen LogP contribution is -2.08. The number of aromatic nitrogens is 2. The molecule has 0 unspecified atom stereocenters. The number of nitrogens with two attached hydrogens (primary N) is 1. The Morgan fingerprint density at radius 3 is 2.81 bits per heavy atom. The van der Waals surface area contributed by atoms with Crippen LogP contribution in [0.5, 0.6) is 5.88 Å². The third kappa shape index (κ3) is 2.47. The molecule has 0 amide bonds. The molecule has 1 heterocycles. The van der Waals surface area contributed by atoms with Crippen LogP contribution >= 0.6 is 11.5 Å². The van der Waals surface area contributed by atoms with Gasteiger partial charge < -0.3 is 10.1 Å². The summed E-state index contributed by atoms with van der Waals surface area (Å²) < 4.78 is 8.93. The molecule has 2 aromatic rings. The Morgan fingerprint density at radius 1 is 1.38 bits per heavy atom. The maximum absolute atomic E-state index is 5.29. The molecule has 1 aromatic carbocycles. The van der Waals surface area contributed by atoms with Crippen molar-refractivity contribution in [3.8, 4) is 5.88 Å². The Morgan fingerprint density at radius 2 is 2.12 bits per heavy atom. The fourth-order valence-electron chi connectivity index (χ4n) is 1.20. The van der Waals surface area contributed by atoms with Crippen LogP contribution in [-0.4, -0.2) is 16.3 Å². The summed E-state index contributed by atoms with van der Waals surface area (Å²) in [5.41, 5.74) is 7.47. The quantitative estimate of drug-likeness (QED) is 0.793. The average molecular weight is 236 g/mol. The second kappa shape index (κ2) is 4.91. The Hall–Kier alpha value is -1.66. The molecule has 0 aliphatic heterocycles. The van der Waals surface area contributed by atoms with Crippen molar-refractivity contribution in [2.75, 3.05) is 12.0 Å². The van der Waals surface area contributed by atoms with Gasteiger partial charge in [-0.25, -0.2) is 0 Å². The predicted molar refractivity (Wildman–Crippen MR) is 64.1 cm³/mol. The molecule has 0 fully saturated rings. The van der Waals surface area contributed by atoms with E-state index in [1.165, 1.54) is 17.1 Å². The first-order chi connectivity index (χ1) is 7.79. The van der Waals surface area contributed by atoms with E-state index in [-0.39, 0.29) is 6.73 Å². The molecule has 16 heavy (non-hydrogen) atoms. The van der Waals surface area contributed by atoms with E-state index in [9.17, 15) is 0 Å². The van der Waals surface area contributed by atoms with Crippen LogP contribution in [0.2, 0.25) is 0 Å². The van der Waals surface area contributed by atoms with Gasteiger partial charge in [0.1, 0.15) is 6.73 Å². The minimum Gasteiger partial charge on any atom is -0.459 e. The van der Waals surface area contributed by atoms with Gasteiger partial charge in [0, 0.05) is 17.2 Å². The van der Waals surface area contributed by atoms with Crippen molar-refractivity contribution in [1.82, 2.24) is 9.59 Å². The van der Waals surface area contributed by atoms with Gasteiger partial charge in [-0.3, -0.25) is 5.73 Å². The van der Waals surface area contributed by atoms with Crippen molar-refractivity contribution < 1.29 is 4.74 Å². The van der Waals surface area contributed by atoms with E-state index in [0.717, 1.165) is 10.7 Å². The largest absolute Gasteiger partial charge is 0.459 e. The highest BCUT2D eigenvalue weighted by Crippen LogP contribution is 2.28. The lowest BCUT2D eigenvalue weighted by atomic mass is 10.2. The SMILES string of the molecule is Cc1ccc(Nc2snnc2OCN)cc1. The van der Waals surface area contributed by atoms with Crippen molar-refractivity contribution in [3.05, 3.63) is 29.8 Å². The number of ether oxygens (including phenoxy) is 1. The van der Waals surface area contributed by atoms with E-state index in [2.05, 4.69) is 14.9 Å². The lowest BCUT2D eigenvalue weighted by Gasteiger charge is -2.05. The number of nitrogens with zero attached hydrogens (tertiary/aromatic N) is 2. The molecule has 6 heteroatoms. The third-order valence-electron chi connectivity index (χ3n) is 1.99. The topological polar surface area (TPSA) is 73.1 Å². The highest BCUT2D eigenvalue weighted by Gasteiger charge is 2.08. The van der Waals surface area contributed by atoms with E-state index >= 15 is 0 Å². The summed E-state index contributed by atoms with van der Waals surface area (Å²) in [5, 5.41) is 7.76. The molecular formula is C10H12N4OS. The monoisotopic (exact) mass is 236 g/mol. The molecule has 0 saturated heterocycles. The van der Waals surface area contributed by atoms with Gasteiger partial charge in [0.05, 0.1) is 0 Å². The van der Waals surface area contributed by atoms with Gasteiger partial charge in [-0.15, -0.1) is 0 Å². The number of hydrogen-bond acceptors (Lipinski definition) is 6. The highest BCUT2D eigenvalue weighted by molar-refractivity contribution is 7.10. The summed E-state index contributed by atoms with van der Waals surface area (Å²) in [5.74, 6) is 0.438. The molecule has 1 aromatic heterocycles. The van der Waals surface area contributed by atoms with Crippen molar-refractivity contribution in [1.29, 1.82) is 0 Å². The second-order valence-corrected chi connectivity index (χ2v) is 3.96. The van der Waals surface area contributed by atoms with Gasteiger partial charge in [-0.2, -0.15) is 0 Å². The highest BCUT2D eigenvalue weighted by atomic mass is 32.1. The maximum Gasteiger partial charge on any atom is 0.272 e. The Labute approximate surface area is 97.4 Å².